The van der Waals surface area contributed by atoms with Gasteiger partial charge in [-0.05, 0) is 6.42 Å². The number of ether oxygens (including phenoxy) is 2. The second-order valence-corrected chi connectivity index (χ2v) is 10.4. The Morgan fingerprint density at radius 1 is 1.25 bits per heavy atom. The van der Waals surface area contributed by atoms with E-state index in [2.05, 4.69) is 56.9 Å². The average Bonchev–Trinajstić information content (AvgIpc) is 3.62. The fourth-order valence-electron chi connectivity index (χ4n) is 4.48. The molecule has 0 spiro atoms. The maximum Gasteiger partial charge on any atom is 0.346 e. The van der Waals surface area contributed by atoms with Crippen molar-refractivity contribution in [3.63, 3.8) is 0 Å². The Kier molecular flexibility index (Phi) is 5.41. The van der Waals surface area contributed by atoms with Crippen LogP contribution in [0.25, 0.3) is 11.2 Å². The van der Waals surface area contributed by atoms with Crippen LogP contribution in [-0.4, -0.2) is 49.2 Å². The maximum atomic E-state index is 6.76. The summed E-state index contributed by atoms with van der Waals surface area (Å²) in [6.07, 6.45) is 6.02. The van der Waals surface area contributed by atoms with Gasteiger partial charge in [-0.1, -0.05) is 42.5 Å². The largest absolute Gasteiger partial charge is 0.452 e. The van der Waals surface area contributed by atoms with Gasteiger partial charge >= 0.3 is 5.49 Å². The van der Waals surface area contributed by atoms with Crippen LogP contribution in [0.15, 0.2) is 29.5 Å². The minimum atomic E-state index is -0.0742. The Labute approximate surface area is 212 Å². The second-order valence-electron chi connectivity index (χ2n) is 9.97. The number of fused-ring (bicyclic) bond motifs is 2. The van der Waals surface area contributed by atoms with Crippen LogP contribution in [0.1, 0.15) is 38.9 Å². The van der Waals surface area contributed by atoms with E-state index in [1.807, 2.05) is 23.9 Å². The normalized spacial score (nSPS) is 17.2. The van der Waals surface area contributed by atoms with Crippen LogP contribution in [0.3, 0.4) is 0 Å². The lowest BCUT2D eigenvalue weighted by Crippen LogP contribution is -2.37. The smallest absolute Gasteiger partial charge is 0.346 e. The molecule has 1 saturated heterocycles. The number of rotatable bonds is 5. The third-order valence-corrected chi connectivity index (χ3v) is 6.72. The van der Waals surface area contributed by atoms with E-state index in [4.69, 9.17) is 26.2 Å². The summed E-state index contributed by atoms with van der Waals surface area (Å²) in [5.74, 6) is 2.22. The molecule has 186 valence electrons. The summed E-state index contributed by atoms with van der Waals surface area (Å²) in [5.41, 5.74) is 2.94. The first-order valence-corrected chi connectivity index (χ1v) is 12.2. The van der Waals surface area contributed by atoms with E-state index in [9.17, 15) is 0 Å². The summed E-state index contributed by atoms with van der Waals surface area (Å²) in [6, 6.07) is 4.11. The van der Waals surface area contributed by atoms with E-state index >= 15 is 0 Å². The Bertz CT molecular complexity index is 1600. The number of hydrogen-bond donors (Lipinski definition) is 1. The molecule has 2 aliphatic heterocycles. The molecule has 0 saturated carbocycles. The predicted octanol–water partition coefficient (Wildman–Crippen LogP) is 2.94. The highest BCUT2D eigenvalue weighted by molar-refractivity contribution is 6.36. The fourth-order valence-corrected chi connectivity index (χ4v) is 4.78. The third kappa shape index (κ3) is 3.97. The highest BCUT2D eigenvalue weighted by Gasteiger charge is 2.28. The lowest BCUT2D eigenvalue weighted by atomic mass is 9.91. The van der Waals surface area contributed by atoms with Gasteiger partial charge < -0.3 is 19.4 Å². The van der Waals surface area contributed by atoms with Crippen LogP contribution in [-0.2, 0) is 17.2 Å². The third-order valence-electron chi connectivity index (χ3n) is 6.35. The van der Waals surface area contributed by atoms with Gasteiger partial charge in [0.2, 0.25) is 5.95 Å². The molecule has 12 heteroatoms. The van der Waals surface area contributed by atoms with Crippen molar-refractivity contribution in [2.24, 2.45) is 12.0 Å². The van der Waals surface area contributed by atoms with E-state index < -0.39 is 0 Å². The molecule has 6 heterocycles. The molecule has 0 bridgehead atoms. The van der Waals surface area contributed by atoms with Crippen molar-refractivity contribution in [2.75, 3.05) is 25.1 Å². The molecule has 1 fully saturated rings. The molecular weight excluding hydrogens is 482 g/mol. The highest BCUT2D eigenvalue weighted by Crippen LogP contribution is 2.36. The summed E-state index contributed by atoms with van der Waals surface area (Å²) in [4.78, 5) is 13.5. The average molecular weight is 509 g/mol. The molecule has 0 amide bonds. The molecule has 1 unspecified atom stereocenters. The molecule has 0 radical (unpaired) electrons. The summed E-state index contributed by atoms with van der Waals surface area (Å²) in [6.45, 7) is 8.57. The first-order valence-electron chi connectivity index (χ1n) is 11.8. The Morgan fingerprint density at radius 3 is 2.89 bits per heavy atom. The number of halogens is 1. The van der Waals surface area contributed by atoms with E-state index in [-0.39, 0.29) is 11.5 Å². The number of aromatic nitrogens is 7. The topological polar surface area (TPSA) is 110 Å². The predicted molar refractivity (Wildman–Crippen MR) is 132 cm³/mol. The molecule has 11 nitrogen and oxygen atoms in total. The fraction of sp³-hybridized carbons (Fsp3) is 0.417. The monoisotopic (exact) mass is 508 g/mol. The zero-order chi connectivity index (χ0) is 25.0. The first kappa shape index (κ1) is 22.9. The molecule has 1 N–H and O–H groups in total. The van der Waals surface area contributed by atoms with E-state index in [1.54, 1.807) is 16.8 Å². The summed E-state index contributed by atoms with van der Waals surface area (Å²) >= 11 is 6.76. The van der Waals surface area contributed by atoms with Crippen molar-refractivity contribution in [1.82, 2.24) is 29.4 Å². The molecule has 6 rings (SSSR count). The molecule has 4 aromatic rings. The lowest BCUT2D eigenvalue weighted by Gasteiger charge is -2.22. The number of anilines is 2. The second kappa shape index (κ2) is 8.52. The van der Waals surface area contributed by atoms with Gasteiger partial charge in [0.25, 0.3) is 0 Å². The molecule has 36 heavy (non-hydrogen) atoms. The first-order chi connectivity index (χ1) is 17.3. The van der Waals surface area contributed by atoms with Crippen LogP contribution >= 0.6 is 11.6 Å². The van der Waals surface area contributed by atoms with Gasteiger partial charge in [-0.15, -0.1) is 4.36 Å². The molecule has 1 atom stereocenters. The van der Waals surface area contributed by atoms with Crippen molar-refractivity contribution in [2.45, 2.75) is 38.6 Å². The van der Waals surface area contributed by atoms with E-state index in [0.717, 1.165) is 24.2 Å². The minimum Gasteiger partial charge on any atom is -0.452 e. The van der Waals surface area contributed by atoms with Crippen LogP contribution in [0.5, 0.6) is 11.5 Å². The van der Waals surface area contributed by atoms with Crippen LogP contribution in [0.2, 0.25) is 5.02 Å². The standard InChI is InChI=1S/C24H27ClN9O2/c1-24(2,3)17-10-18(31-34(17)14-5-8-35-13-14)29-23-30-22-21(32(23)4)20(25)16(12-27-22)36-15-9-19-26-6-7-33(19)28-11-15/h7,9-12,14H,5-6,8,13H2,1-4H3,(H,27,29,30,31)/q+1. The van der Waals surface area contributed by atoms with Crippen LogP contribution in [0.4, 0.5) is 11.8 Å². The Balaban J connectivity index is 1.32. The number of nitrogens with zero attached hydrogens (tertiary/aromatic N) is 8. The number of nitrogens with one attached hydrogen (secondary N) is 1. The van der Waals surface area contributed by atoms with Crippen LogP contribution in [0, 0.1) is 6.21 Å². The molecule has 2 aliphatic rings. The Hall–Kier alpha value is -3.57. The molecular formula is C24H27ClN9O2+. The van der Waals surface area contributed by atoms with Gasteiger partial charge in [-0.3, -0.25) is 4.68 Å². The SMILES string of the molecule is Cn1c(Nc2cc(C(C)(C)C)n(C3CCOC3)n2)nc2ncc(Oc3cn[n+]4c(c3)=NCC=4)c(Cl)c21. The zero-order valence-electron chi connectivity index (χ0n) is 20.6. The van der Waals surface area contributed by atoms with Crippen molar-refractivity contribution in [3.8, 4) is 11.5 Å². The summed E-state index contributed by atoms with van der Waals surface area (Å²) in [5, 5.41) is 12.9. The Morgan fingerprint density at radius 2 is 2.11 bits per heavy atom. The molecule has 0 aliphatic carbocycles. The van der Waals surface area contributed by atoms with E-state index in [1.165, 1.54) is 0 Å². The molecule has 0 aromatic carbocycles. The van der Waals surface area contributed by atoms with Gasteiger partial charge in [-0.2, -0.15) is 10.1 Å². The number of aryl methyl sites for hydroxylation is 1. The van der Waals surface area contributed by atoms with Gasteiger partial charge in [0.1, 0.15) is 23.0 Å². The summed E-state index contributed by atoms with van der Waals surface area (Å²) < 4.78 is 17.3. The summed E-state index contributed by atoms with van der Waals surface area (Å²) in [7, 11) is 1.88. The van der Waals surface area contributed by atoms with Crippen molar-refractivity contribution in [3.05, 3.63) is 46.9 Å². The highest BCUT2D eigenvalue weighted by atomic mass is 35.5. The van der Waals surface area contributed by atoms with Crippen LogP contribution < -0.4 is 19.9 Å². The van der Waals surface area contributed by atoms with Crippen molar-refractivity contribution >= 4 is 34.5 Å². The van der Waals surface area contributed by atoms with Gasteiger partial charge in [0.05, 0.1) is 24.9 Å². The number of hydrogen-bond acceptors (Lipinski definition) is 8. The van der Waals surface area contributed by atoms with Gasteiger partial charge in [0.15, 0.2) is 29.5 Å². The zero-order valence-corrected chi connectivity index (χ0v) is 21.3. The van der Waals surface area contributed by atoms with Crippen molar-refractivity contribution < 1.29 is 13.8 Å². The van der Waals surface area contributed by atoms with Gasteiger partial charge in [0, 0.05) is 30.8 Å². The maximum absolute atomic E-state index is 6.76. The quantitative estimate of drug-likeness (QED) is 0.413. The van der Waals surface area contributed by atoms with Crippen molar-refractivity contribution in [1.29, 1.82) is 0 Å². The van der Waals surface area contributed by atoms with Gasteiger partial charge in [-0.25, -0.2) is 4.98 Å². The lowest BCUT2D eigenvalue weighted by molar-refractivity contribution is -0.589. The minimum absolute atomic E-state index is 0.0742. The number of imidazole rings is 1. The molecule has 4 aromatic heterocycles. The van der Waals surface area contributed by atoms with E-state index in [0.29, 0.717) is 52.6 Å². The number of pyridine rings is 1.